The normalized spacial score (nSPS) is 11.4. The number of nitrogens with zero attached hydrogens (tertiary/aromatic N) is 2. The fourth-order valence-corrected chi connectivity index (χ4v) is 3.83. The van der Waals surface area contributed by atoms with E-state index in [-0.39, 0.29) is 10.1 Å². The largest absolute Gasteiger partial charge is 0.351 e. The molecule has 1 amide bonds. The number of nitrogens with one attached hydrogen (secondary N) is 1. The van der Waals surface area contributed by atoms with E-state index in [2.05, 4.69) is 14.9 Å². The third-order valence-corrected chi connectivity index (χ3v) is 6.02. The summed E-state index contributed by atoms with van der Waals surface area (Å²) in [7, 11) is 1.55. The SMILES string of the molecule is O=C(NCCc1ccc(S(=O)(=O)Cl)s1)c1cnns1. The number of carbonyl (C=O) groups excluding carboxylic acids is 1. The molecule has 6 nitrogen and oxygen atoms in total. The minimum atomic E-state index is -3.67. The van der Waals surface area contributed by atoms with Crippen molar-refractivity contribution in [2.24, 2.45) is 0 Å². The van der Waals surface area contributed by atoms with Gasteiger partial charge in [-0.1, -0.05) is 4.49 Å². The average Bonchev–Trinajstić information content (AvgIpc) is 2.99. The lowest BCUT2D eigenvalue weighted by molar-refractivity contribution is 0.0958. The van der Waals surface area contributed by atoms with Crippen LogP contribution >= 0.6 is 33.6 Å². The zero-order valence-electron chi connectivity index (χ0n) is 9.37. The maximum atomic E-state index is 11.6. The van der Waals surface area contributed by atoms with E-state index in [1.165, 1.54) is 12.3 Å². The van der Waals surface area contributed by atoms with Crippen molar-refractivity contribution in [1.29, 1.82) is 0 Å². The van der Waals surface area contributed by atoms with E-state index in [0.717, 1.165) is 27.7 Å². The molecule has 102 valence electrons. The first-order chi connectivity index (χ1) is 8.97. The number of hydrogen-bond acceptors (Lipinski definition) is 7. The molecule has 0 radical (unpaired) electrons. The predicted octanol–water partition coefficient (Wildman–Crippen LogP) is 1.50. The number of thiophene rings is 1. The van der Waals surface area contributed by atoms with E-state index >= 15 is 0 Å². The standard InChI is InChI=1S/C9H8ClN3O3S3/c10-19(15,16)8-2-1-6(17-8)3-4-11-9(14)7-5-12-13-18-7/h1-2,5H,3-4H2,(H,11,14). The van der Waals surface area contributed by atoms with Gasteiger partial charge >= 0.3 is 0 Å². The number of rotatable bonds is 5. The summed E-state index contributed by atoms with van der Waals surface area (Å²) in [5, 5.41) is 6.27. The lowest BCUT2D eigenvalue weighted by Gasteiger charge is -2.00. The van der Waals surface area contributed by atoms with Crippen molar-refractivity contribution in [3.05, 3.63) is 28.1 Å². The number of halogens is 1. The highest BCUT2D eigenvalue weighted by Crippen LogP contribution is 2.24. The van der Waals surface area contributed by atoms with Gasteiger partial charge in [-0.25, -0.2) is 8.42 Å². The first-order valence-electron chi connectivity index (χ1n) is 5.06. The molecule has 2 rings (SSSR count). The van der Waals surface area contributed by atoms with Crippen molar-refractivity contribution in [2.75, 3.05) is 6.54 Å². The van der Waals surface area contributed by atoms with Gasteiger partial charge in [0.05, 0.1) is 6.20 Å². The van der Waals surface area contributed by atoms with E-state index in [4.69, 9.17) is 10.7 Å². The van der Waals surface area contributed by atoms with Gasteiger partial charge in [-0.05, 0) is 30.1 Å². The summed E-state index contributed by atoms with van der Waals surface area (Å²) in [6, 6.07) is 3.14. The molecule has 10 heteroatoms. The van der Waals surface area contributed by atoms with Gasteiger partial charge in [0.25, 0.3) is 15.0 Å². The van der Waals surface area contributed by atoms with Crippen LogP contribution in [0.4, 0.5) is 0 Å². The Morgan fingerprint density at radius 2 is 2.21 bits per heavy atom. The predicted molar refractivity (Wildman–Crippen MR) is 73.3 cm³/mol. The Bertz CT molecular complexity index is 666. The van der Waals surface area contributed by atoms with Crippen LogP contribution in [0.2, 0.25) is 0 Å². The smallest absolute Gasteiger partial charge is 0.270 e. The van der Waals surface area contributed by atoms with Crippen LogP contribution in [0.1, 0.15) is 14.5 Å². The first-order valence-corrected chi connectivity index (χ1v) is 8.95. The van der Waals surface area contributed by atoms with E-state index in [9.17, 15) is 13.2 Å². The number of carbonyl (C=O) groups is 1. The van der Waals surface area contributed by atoms with Gasteiger partial charge in [0.2, 0.25) is 0 Å². The average molecular weight is 338 g/mol. The van der Waals surface area contributed by atoms with E-state index in [1.54, 1.807) is 6.07 Å². The number of hydrogen-bond donors (Lipinski definition) is 1. The molecule has 0 aliphatic heterocycles. The van der Waals surface area contributed by atoms with Gasteiger partial charge < -0.3 is 5.32 Å². The topological polar surface area (TPSA) is 89.0 Å². The summed E-state index contributed by atoms with van der Waals surface area (Å²) in [4.78, 5) is 12.8. The molecule has 2 aromatic heterocycles. The first kappa shape index (κ1) is 14.4. The molecular weight excluding hydrogens is 330 g/mol. The Labute approximate surface area is 122 Å². The second-order valence-electron chi connectivity index (χ2n) is 3.45. The van der Waals surface area contributed by atoms with Gasteiger partial charge in [-0.15, -0.1) is 16.4 Å². The Kier molecular flexibility index (Phi) is 4.50. The minimum Gasteiger partial charge on any atom is -0.351 e. The van der Waals surface area contributed by atoms with Crippen LogP contribution in [0.15, 0.2) is 22.5 Å². The highest BCUT2D eigenvalue weighted by molar-refractivity contribution is 8.15. The van der Waals surface area contributed by atoms with Crippen molar-refractivity contribution < 1.29 is 13.2 Å². The fraction of sp³-hybridized carbons (Fsp3) is 0.222. The second kappa shape index (κ2) is 5.95. The zero-order valence-corrected chi connectivity index (χ0v) is 12.6. The molecule has 2 aromatic rings. The molecule has 0 aromatic carbocycles. The molecule has 0 bridgehead atoms. The molecule has 0 spiro atoms. The number of amides is 1. The molecule has 0 saturated carbocycles. The van der Waals surface area contributed by atoms with Gasteiger partial charge in [0.1, 0.15) is 9.09 Å². The molecule has 19 heavy (non-hydrogen) atoms. The highest BCUT2D eigenvalue weighted by atomic mass is 35.7. The molecule has 0 saturated heterocycles. The van der Waals surface area contributed by atoms with Crippen molar-refractivity contribution >= 4 is 48.5 Å². The van der Waals surface area contributed by atoms with Gasteiger partial charge in [0.15, 0.2) is 0 Å². The molecule has 0 unspecified atom stereocenters. The Balaban J connectivity index is 1.86. The Hall–Kier alpha value is -1.03. The molecule has 0 aliphatic rings. The summed E-state index contributed by atoms with van der Waals surface area (Å²) in [6.45, 7) is 0.402. The van der Waals surface area contributed by atoms with Crippen LogP contribution in [-0.4, -0.2) is 30.5 Å². The Morgan fingerprint density at radius 1 is 1.42 bits per heavy atom. The van der Waals surface area contributed by atoms with Crippen molar-refractivity contribution in [1.82, 2.24) is 14.9 Å². The molecular formula is C9H8ClN3O3S3. The highest BCUT2D eigenvalue weighted by Gasteiger charge is 2.13. The summed E-state index contributed by atoms with van der Waals surface area (Å²) < 4.78 is 25.9. The zero-order chi connectivity index (χ0) is 13.9. The summed E-state index contributed by atoms with van der Waals surface area (Å²) in [6.07, 6.45) is 1.93. The van der Waals surface area contributed by atoms with Crippen LogP contribution < -0.4 is 5.32 Å². The van der Waals surface area contributed by atoms with Crippen LogP contribution in [-0.2, 0) is 15.5 Å². The minimum absolute atomic E-state index is 0.113. The summed E-state index contributed by atoms with van der Waals surface area (Å²) in [5.74, 6) is -0.239. The lowest BCUT2D eigenvalue weighted by atomic mass is 10.3. The maximum absolute atomic E-state index is 11.6. The van der Waals surface area contributed by atoms with Crippen molar-refractivity contribution in [3.8, 4) is 0 Å². The van der Waals surface area contributed by atoms with Crippen LogP contribution in [0.25, 0.3) is 0 Å². The van der Waals surface area contributed by atoms with E-state index in [1.807, 2.05) is 0 Å². The molecule has 2 heterocycles. The van der Waals surface area contributed by atoms with Crippen LogP contribution in [0.5, 0.6) is 0 Å². The molecule has 1 N–H and O–H groups in total. The molecule has 0 aliphatic carbocycles. The van der Waals surface area contributed by atoms with E-state index < -0.39 is 9.05 Å². The maximum Gasteiger partial charge on any atom is 0.270 e. The van der Waals surface area contributed by atoms with Crippen molar-refractivity contribution in [3.63, 3.8) is 0 Å². The van der Waals surface area contributed by atoms with Gasteiger partial charge in [0, 0.05) is 22.1 Å². The Morgan fingerprint density at radius 3 is 2.79 bits per heavy atom. The third-order valence-electron chi connectivity index (χ3n) is 2.12. The van der Waals surface area contributed by atoms with Gasteiger partial charge in [-0.2, -0.15) is 0 Å². The molecule has 0 atom stereocenters. The van der Waals surface area contributed by atoms with Gasteiger partial charge in [-0.3, -0.25) is 4.79 Å². The lowest BCUT2D eigenvalue weighted by Crippen LogP contribution is -2.24. The van der Waals surface area contributed by atoms with Crippen LogP contribution in [0, 0.1) is 0 Å². The quantitative estimate of drug-likeness (QED) is 0.835. The monoisotopic (exact) mass is 337 g/mol. The third kappa shape index (κ3) is 3.96. The second-order valence-corrected chi connectivity index (χ2v) is 8.19. The summed E-state index contributed by atoms with van der Waals surface area (Å²) in [5.41, 5.74) is 0. The number of aromatic nitrogens is 2. The van der Waals surface area contributed by atoms with Crippen molar-refractivity contribution in [2.45, 2.75) is 10.6 Å². The van der Waals surface area contributed by atoms with Crippen LogP contribution in [0.3, 0.4) is 0 Å². The fourth-order valence-electron chi connectivity index (χ4n) is 1.28. The van der Waals surface area contributed by atoms with E-state index in [0.29, 0.717) is 17.8 Å². The molecule has 0 fully saturated rings. The summed E-state index contributed by atoms with van der Waals surface area (Å²) >= 11 is 2.11.